The number of rotatable bonds is 6. The number of hydrogen-bond acceptors (Lipinski definition) is 8. The summed E-state index contributed by atoms with van der Waals surface area (Å²) in [7, 11) is 0. The molecule has 0 aliphatic heterocycles. The Morgan fingerprint density at radius 1 is 0.641 bits per heavy atom. The molecule has 0 fully saturated rings. The first kappa shape index (κ1) is 25.3. The highest BCUT2D eigenvalue weighted by molar-refractivity contribution is 6.24. The molecule has 0 aliphatic carbocycles. The van der Waals surface area contributed by atoms with E-state index in [0.29, 0.717) is 50.1 Å². The van der Waals surface area contributed by atoms with Gasteiger partial charge < -0.3 is 14.2 Å². The smallest absolute Gasteiger partial charge is 0.338 e. The molecule has 5 rings (SSSR count). The van der Waals surface area contributed by atoms with Gasteiger partial charge in [-0.05, 0) is 73.2 Å². The molecule has 0 radical (unpaired) electrons. The summed E-state index contributed by atoms with van der Waals surface area (Å²) in [5, 5.41) is 3.02. The molecule has 1 aromatic heterocycles. The molecule has 8 nitrogen and oxygen atoms in total. The monoisotopic (exact) mass is 518 g/mol. The van der Waals surface area contributed by atoms with Gasteiger partial charge in [0.1, 0.15) is 17.2 Å². The second-order valence-electron chi connectivity index (χ2n) is 8.95. The molecular weight excluding hydrogens is 496 g/mol. The van der Waals surface area contributed by atoms with Crippen molar-refractivity contribution in [2.75, 3.05) is 0 Å². The van der Waals surface area contributed by atoms with Crippen molar-refractivity contribution < 1.29 is 28.6 Å². The van der Waals surface area contributed by atoms with Crippen LogP contribution in [0.1, 0.15) is 13.8 Å². The number of fused-ring (bicyclic) bond motifs is 7. The van der Waals surface area contributed by atoms with Crippen molar-refractivity contribution in [1.29, 1.82) is 0 Å². The molecule has 0 unspecified atom stereocenters. The van der Waals surface area contributed by atoms with E-state index >= 15 is 0 Å². The lowest BCUT2D eigenvalue weighted by atomic mass is 9.98. The Kier molecular flexibility index (Phi) is 6.37. The maximum Gasteiger partial charge on any atom is 0.338 e. The molecule has 0 amide bonds. The van der Waals surface area contributed by atoms with Crippen LogP contribution in [0.15, 0.2) is 91.6 Å². The summed E-state index contributed by atoms with van der Waals surface area (Å²) in [6.45, 7) is 13.8. The van der Waals surface area contributed by atoms with Crippen molar-refractivity contribution in [2.45, 2.75) is 13.8 Å². The van der Waals surface area contributed by atoms with E-state index in [1.807, 2.05) is 12.1 Å². The molecule has 5 aromatic rings. The fraction of sp³-hybridized carbons (Fsp3) is 0.0645. The predicted octanol–water partition coefficient (Wildman–Crippen LogP) is 6.14. The molecule has 0 atom stereocenters. The molecule has 0 saturated carbocycles. The van der Waals surface area contributed by atoms with Gasteiger partial charge in [-0.25, -0.2) is 24.4 Å². The summed E-state index contributed by atoms with van der Waals surface area (Å²) in [5.41, 5.74) is 2.61. The van der Waals surface area contributed by atoms with E-state index in [1.165, 1.54) is 0 Å². The molecule has 4 aromatic carbocycles. The van der Waals surface area contributed by atoms with Crippen molar-refractivity contribution in [3.05, 3.63) is 91.6 Å². The van der Waals surface area contributed by atoms with Crippen molar-refractivity contribution in [1.82, 2.24) is 9.97 Å². The van der Waals surface area contributed by atoms with Crippen LogP contribution in [0.25, 0.3) is 43.6 Å². The topological polar surface area (TPSA) is 105 Å². The highest BCUT2D eigenvalue weighted by atomic mass is 16.5. The Morgan fingerprint density at radius 3 is 1.62 bits per heavy atom. The Morgan fingerprint density at radius 2 is 1.10 bits per heavy atom. The fourth-order valence-electron chi connectivity index (χ4n) is 4.05. The zero-order valence-electron chi connectivity index (χ0n) is 21.2. The van der Waals surface area contributed by atoms with Gasteiger partial charge in [0.05, 0.1) is 22.1 Å². The van der Waals surface area contributed by atoms with Gasteiger partial charge in [-0.3, -0.25) is 0 Å². The van der Waals surface area contributed by atoms with E-state index in [1.54, 1.807) is 56.3 Å². The van der Waals surface area contributed by atoms with Gasteiger partial charge >= 0.3 is 17.9 Å². The average molecular weight is 519 g/mol. The van der Waals surface area contributed by atoms with Crippen LogP contribution in [0.5, 0.6) is 17.2 Å². The minimum atomic E-state index is -0.586. The van der Waals surface area contributed by atoms with E-state index in [9.17, 15) is 14.4 Å². The van der Waals surface area contributed by atoms with Crippen LogP contribution >= 0.6 is 0 Å². The summed E-state index contributed by atoms with van der Waals surface area (Å²) < 4.78 is 16.2. The van der Waals surface area contributed by atoms with Gasteiger partial charge in [0.2, 0.25) is 0 Å². The fourth-order valence-corrected chi connectivity index (χ4v) is 4.05. The summed E-state index contributed by atoms with van der Waals surface area (Å²) in [6, 6.07) is 15.4. The second-order valence-corrected chi connectivity index (χ2v) is 8.95. The molecular formula is C31H22N2O6. The normalized spacial score (nSPS) is 10.9. The van der Waals surface area contributed by atoms with Gasteiger partial charge in [-0.15, -0.1) is 0 Å². The first-order chi connectivity index (χ1) is 18.6. The third-order valence-corrected chi connectivity index (χ3v) is 5.92. The van der Waals surface area contributed by atoms with Crippen LogP contribution in [-0.2, 0) is 14.4 Å². The molecule has 0 saturated heterocycles. The number of nitrogens with zero attached hydrogens (tertiary/aromatic N) is 2. The molecule has 0 spiro atoms. The minimum absolute atomic E-state index is 0.266. The lowest BCUT2D eigenvalue weighted by Gasteiger charge is -2.13. The first-order valence-corrected chi connectivity index (χ1v) is 11.8. The summed E-state index contributed by atoms with van der Waals surface area (Å²) in [6.07, 6.45) is 1.09. The van der Waals surface area contributed by atoms with Crippen LogP contribution in [-0.4, -0.2) is 27.9 Å². The third-order valence-electron chi connectivity index (χ3n) is 5.92. The number of ether oxygens (including phenoxy) is 3. The summed E-state index contributed by atoms with van der Waals surface area (Å²) in [5.74, 6) is -0.748. The Balaban J connectivity index is 1.80. The quantitative estimate of drug-likeness (QED) is 0.0867. The van der Waals surface area contributed by atoms with E-state index in [4.69, 9.17) is 24.2 Å². The lowest BCUT2D eigenvalue weighted by molar-refractivity contribution is -0.130. The van der Waals surface area contributed by atoms with Gasteiger partial charge in [-0.2, -0.15) is 0 Å². The number of esters is 3. The third kappa shape index (κ3) is 4.83. The Labute approximate surface area is 222 Å². The van der Waals surface area contributed by atoms with Crippen molar-refractivity contribution in [3.63, 3.8) is 0 Å². The van der Waals surface area contributed by atoms with Gasteiger partial charge in [-0.1, -0.05) is 19.7 Å². The first-order valence-electron chi connectivity index (χ1n) is 11.8. The van der Waals surface area contributed by atoms with Gasteiger partial charge in [0.15, 0.2) is 0 Å². The molecule has 0 bridgehead atoms. The zero-order valence-corrected chi connectivity index (χ0v) is 21.2. The van der Waals surface area contributed by atoms with Crippen LogP contribution in [0.4, 0.5) is 0 Å². The van der Waals surface area contributed by atoms with Crippen molar-refractivity contribution in [3.8, 4) is 17.2 Å². The van der Waals surface area contributed by atoms with E-state index in [-0.39, 0.29) is 11.1 Å². The highest BCUT2D eigenvalue weighted by Crippen LogP contribution is 2.38. The maximum absolute atomic E-state index is 12.2. The summed E-state index contributed by atoms with van der Waals surface area (Å²) >= 11 is 0. The van der Waals surface area contributed by atoms with Crippen LogP contribution < -0.4 is 14.2 Å². The molecule has 8 heteroatoms. The Bertz CT molecular complexity index is 1920. The lowest BCUT2D eigenvalue weighted by Crippen LogP contribution is -2.08. The number of hydrogen-bond donors (Lipinski definition) is 0. The van der Waals surface area contributed by atoms with E-state index in [0.717, 1.165) is 16.8 Å². The van der Waals surface area contributed by atoms with E-state index < -0.39 is 17.9 Å². The van der Waals surface area contributed by atoms with Gasteiger partial charge in [0, 0.05) is 34.1 Å². The zero-order chi connectivity index (χ0) is 27.8. The second kappa shape index (κ2) is 9.83. The maximum atomic E-state index is 12.2. The highest BCUT2D eigenvalue weighted by Gasteiger charge is 2.17. The number of carbonyl (C=O) groups excluding carboxylic acids is 3. The number of benzene rings is 4. The van der Waals surface area contributed by atoms with Crippen molar-refractivity contribution in [2.24, 2.45) is 0 Å². The van der Waals surface area contributed by atoms with E-state index in [2.05, 4.69) is 19.7 Å². The molecule has 0 aliphatic rings. The molecule has 192 valence electrons. The number of aromatic nitrogens is 2. The van der Waals surface area contributed by atoms with Crippen LogP contribution in [0.2, 0.25) is 0 Å². The number of carbonyl (C=O) groups is 3. The van der Waals surface area contributed by atoms with Crippen molar-refractivity contribution >= 4 is 61.5 Å². The largest absolute Gasteiger partial charge is 0.423 e. The standard InChI is InChI=1S/C31H22N2O6/c1-6-27(34)37-18-7-10-21-22-11-8-19(38-30(35)16(2)3)14-24(22)29-28(23(21)13-18)32-25-12-9-20(15-26(25)33-29)39-31(36)17(4)5/h6-15H,1-2,4H2,3,5H3. The summed E-state index contributed by atoms with van der Waals surface area (Å²) in [4.78, 5) is 45.8. The van der Waals surface area contributed by atoms with Crippen LogP contribution in [0, 0.1) is 0 Å². The predicted molar refractivity (Wildman–Crippen MR) is 149 cm³/mol. The molecule has 39 heavy (non-hydrogen) atoms. The minimum Gasteiger partial charge on any atom is -0.423 e. The molecule has 0 N–H and O–H groups in total. The van der Waals surface area contributed by atoms with Crippen LogP contribution in [0.3, 0.4) is 0 Å². The van der Waals surface area contributed by atoms with Gasteiger partial charge in [0.25, 0.3) is 0 Å². The molecule has 1 heterocycles. The Hall–Kier alpha value is -5.37. The SMILES string of the molecule is C=CC(=O)Oc1ccc2c3ccc(OC(=O)C(=C)C)cc3c3nc4cc(OC(=O)C(=C)C)ccc4nc3c2c1. The average Bonchev–Trinajstić information content (AvgIpc) is 2.92.